The lowest BCUT2D eigenvalue weighted by atomic mass is 9.81. The van der Waals surface area contributed by atoms with Crippen molar-refractivity contribution in [2.75, 3.05) is 0 Å². The number of aliphatic hydroxyl groups excluding tert-OH is 1. The highest BCUT2D eigenvalue weighted by molar-refractivity contribution is 5.03. The Hall–Kier alpha value is -0.0400. The maximum absolute atomic E-state index is 9.71. The quantitative estimate of drug-likeness (QED) is 0.536. The predicted octanol–water partition coefficient (Wildman–Crippen LogP) is 1.41. The summed E-state index contributed by atoms with van der Waals surface area (Å²) in [5.74, 6) is 3.38. The molecule has 0 amide bonds. The SMILES string of the molecule is O[C@H]1C2C[C@H]3CC2C[C@@H]1C3. The van der Waals surface area contributed by atoms with Crippen LogP contribution in [-0.2, 0) is 0 Å². The molecule has 0 radical (unpaired) electrons. The molecule has 0 aliphatic heterocycles. The van der Waals surface area contributed by atoms with Crippen molar-refractivity contribution < 1.29 is 5.11 Å². The highest BCUT2D eigenvalue weighted by Crippen LogP contribution is 2.57. The number of rotatable bonds is 0. The fraction of sp³-hybridized carbons (Fsp3) is 1.00. The zero-order valence-corrected chi connectivity index (χ0v) is 6.16. The second kappa shape index (κ2) is 1.58. The van der Waals surface area contributed by atoms with Gasteiger partial charge in [-0.2, -0.15) is 0 Å². The van der Waals surface area contributed by atoms with Crippen LogP contribution in [0.1, 0.15) is 25.7 Å². The van der Waals surface area contributed by atoms with E-state index in [0.717, 1.165) is 17.8 Å². The number of hydrogen-bond donors (Lipinski definition) is 1. The van der Waals surface area contributed by atoms with Crippen molar-refractivity contribution in [2.24, 2.45) is 23.7 Å². The summed E-state index contributed by atoms with van der Waals surface area (Å²) >= 11 is 0. The Bertz CT molecular complexity index is 160. The average molecular weight is 138 g/mol. The van der Waals surface area contributed by atoms with Crippen LogP contribution < -0.4 is 0 Å². The minimum Gasteiger partial charge on any atom is -0.393 e. The standard InChI is InChI=1S/C9H14O/c10-9-7-2-5-1-6(4-7)8(9)3-5/h5-10H,1-4H2/t5-,6?,7-,8?,9+/m0/s1. The second-order valence-corrected chi connectivity index (χ2v) is 4.48. The van der Waals surface area contributed by atoms with Gasteiger partial charge in [-0.3, -0.25) is 0 Å². The lowest BCUT2D eigenvalue weighted by molar-refractivity contribution is 0.0530. The van der Waals surface area contributed by atoms with Crippen LogP contribution in [0.25, 0.3) is 0 Å². The molecule has 1 N–H and O–H groups in total. The van der Waals surface area contributed by atoms with Gasteiger partial charge in [-0.15, -0.1) is 0 Å². The molecule has 5 atom stereocenters. The van der Waals surface area contributed by atoms with Gasteiger partial charge in [-0.05, 0) is 49.4 Å². The van der Waals surface area contributed by atoms with Crippen LogP contribution >= 0.6 is 0 Å². The van der Waals surface area contributed by atoms with E-state index in [2.05, 4.69) is 0 Å². The van der Waals surface area contributed by atoms with Crippen LogP contribution in [0.15, 0.2) is 0 Å². The maximum atomic E-state index is 9.71. The van der Waals surface area contributed by atoms with Gasteiger partial charge >= 0.3 is 0 Å². The van der Waals surface area contributed by atoms with Crippen molar-refractivity contribution in [3.8, 4) is 0 Å². The topological polar surface area (TPSA) is 20.2 Å². The molecule has 1 heteroatoms. The molecular weight excluding hydrogens is 124 g/mol. The molecule has 0 saturated heterocycles. The molecule has 2 unspecified atom stereocenters. The van der Waals surface area contributed by atoms with Gasteiger partial charge in [0.2, 0.25) is 0 Å². The summed E-state index contributed by atoms with van der Waals surface area (Å²) in [7, 11) is 0. The molecule has 4 aliphatic rings. The molecule has 4 fully saturated rings. The van der Waals surface area contributed by atoms with E-state index < -0.39 is 0 Å². The van der Waals surface area contributed by atoms with E-state index in [1.807, 2.05) is 0 Å². The first-order chi connectivity index (χ1) is 4.84. The van der Waals surface area contributed by atoms with Crippen molar-refractivity contribution in [1.29, 1.82) is 0 Å². The predicted molar refractivity (Wildman–Crippen MR) is 38.4 cm³/mol. The van der Waals surface area contributed by atoms with Gasteiger partial charge in [0.15, 0.2) is 0 Å². The van der Waals surface area contributed by atoms with Gasteiger partial charge < -0.3 is 5.11 Å². The van der Waals surface area contributed by atoms with E-state index in [4.69, 9.17) is 0 Å². The van der Waals surface area contributed by atoms with E-state index >= 15 is 0 Å². The molecular formula is C9H14O. The molecule has 4 rings (SSSR count). The Kier molecular flexibility index (Phi) is 0.883. The fourth-order valence-electron chi connectivity index (χ4n) is 3.70. The molecule has 56 valence electrons. The molecule has 0 aromatic heterocycles. The van der Waals surface area contributed by atoms with E-state index in [0.29, 0.717) is 5.92 Å². The van der Waals surface area contributed by atoms with Gasteiger partial charge in [0.25, 0.3) is 0 Å². The normalized spacial score (nSPS) is 63.9. The zero-order valence-electron chi connectivity index (χ0n) is 6.16. The Morgan fingerprint density at radius 1 is 0.900 bits per heavy atom. The third-order valence-corrected chi connectivity index (χ3v) is 4.01. The zero-order chi connectivity index (χ0) is 6.72. The van der Waals surface area contributed by atoms with Gasteiger partial charge in [0.1, 0.15) is 0 Å². The third kappa shape index (κ3) is 0.493. The Balaban J connectivity index is 1.99. The highest BCUT2D eigenvalue weighted by atomic mass is 16.3. The molecule has 1 nitrogen and oxygen atoms in total. The van der Waals surface area contributed by atoms with Crippen molar-refractivity contribution >= 4 is 0 Å². The van der Waals surface area contributed by atoms with Gasteiger partial charge in [0.05, 0.1) is 6.10 Å². The molecule has 0 spiro atoms. The lowest BCUT2D eigenvalue weighted by Crippen LogP contribution is -2.27. The molecule has 4 saturated carbocycles. The van der Waals surface area contributed by atoms with Crippen LogP contribution in [-0.4, -0.2) is 11.2 Å². The van der Waals surface area contributed by atoms with Crippen molar-refractivity contribution in [1.82, 2.24) is 0 Å². The lowest BCUT2D eigenvalue weighted by Gasteiger charge is -2.28. The van der Waals surface area contributed by atoms with Gasteiger partial charge in [0, 0.05) is 0 Å². The molecule has 0 aromatic rings. The van der Waals surface area contributed by atoms with E-state index in [1.165, 1.54) is 25.7 Å². The van der Waals surface area contributed by atoms with Crippen molar-refractivity contribution in [2.45, 2.75) is 31.8 Å². The maximum Gasteiger partial charge on any atom is 0.0599 e. The summed E-state index contributed by atoms with van der Waals surface area (Å²) in [6.45, 7) is 0. The Morgan fingerprint density at radius 2 is 1.70 bits per heavy atom. The minimum absolute atomic E-state index is 0.101. The van der Waals surface area contributed by atoms with Gasteiger partial charge in [-0.1, -0.05) is 0 Å². The van der Waals surface area contributed by atoms with Crippen LogP contribution in [0.4, 0.5) is 0 Å². The van der Waals surface area contributed by atoms with E-state index in [1.54, 1.807) is 0 Å². The molecule has 0 aromatic carbocycles. The van der Waals surface area contributed by atoms with Crippen LogP contribution in [0, 0.1) is 23.7 Å². The average Bonchev–Trinajstić information content (AvgIpc) is 2.31. The summed E-state index contributed by atoms with van der Waals surface area (Å²) in [6.07, 6.45) is 5.58. The first-order valence-corrected chi connectivity index (χ1v) is 4.52. The van der Waals surface area contributed by atoms with Crippen molar-refractivity contribution in [3.63, 3.8) is 0 Å². The first kappa shape index (κ1) is 5.59. The molecule has 10 heavy (non-hydrogen) atoms. The molecule has 4 bridgehead atoms. The smallest absolute Gasteiger partial charge is 0.0599 e. The number of aliphatic hydroxyl groups is 1. The highest BCUT2D eigenvalue weighted by Gasteiger charge is 2.52. The monoisotopic (exact) mass is 138 g/mol. The van der Waals surface area contributed by atoms with Crippen LogP contribution in [0.2, 0.25) is 0 Å². The summed E-state index contributed by atoms with van der Waals surface area (Å²) < 4.78 is 0. The van der Waals surface area contributed by atoms with Crippen LogP contribution in [0.5, 0.6) is 0 Å². The summed E-state index contributed by atoms with van der Waals surface area (Å²) in [4.78, 5) is 0. The fourth-order valence-corrected chi connectivity index (χ4v) is 3.70. The summed E-state index contributed by atoms with van der Waals surface area (Å²) in [5, 5.41) is 9.71. The summed E-state index contributed by atoms with van der Waals surface area (Å²) in [6, 6.07) is 0. The Morgan fingerprint density at radius 3 is 2.40 bits per heavy atom. The van der Waals surface area contributed by atoms with E-state index in [9.17, 15) is 5.11 Å². The summed E-state index contributed by atoms with van der Waals surface area (Å²) in [5.41, 5.74) is 0. The second-order valence-electron chi connectivity index (χ2n) is 4.48. The van der Waals surface area contributed by atoms with Crippen LogP contribution in [0.3, 0.4) is 0 Å². The largest absolute Gasteiger partial charge is 0.393 e. The molecule has 4 aliphatic carbocycles. The molecule has 0 heterocycles. The Labute approximate surface area is 61.4 Å². The number of hydrogen-bond acceptors (Lipinski definition) is 1. The van der Waals surface area contributed by atoms with Gasteiger partial charge in [-0.25, -0.2) is 0 Å². The van der Waals surface area contributed by atoms with Crippen molar-refractivity contribution in [3.05, 3.63) is 0 Å². The minimum atomic E-state index is 0.101. The third-order valence-electron chi connectivity index (χ3n) is 4.01. The van der Waals surface area contributed by atoms with E-state index in [-0.39, 0.29) is 6.10 Å². The first-order valence-electron chi connectivity index (χ1n) is 4.52.